The lowest BCUT2D eigenvalue weighted by Crippen LogP contribution is -2.35. The normalized spacial score (nSPS) is 19.0. The molecule has 1 fully saturated rings. The average Bonchev–Trinajstić information content (AvgIpc) is 2.82. The molecule has 92 valence electrons. The number of carbonyl (C=O) groups excluding carboxylic acids is 1. The molecule has 4 nitrogen and oxygen atoms in total. The summed E-state index contributed by atoms with van der Waals surface area (Å²) >= 11 is 3.37. The van der Waals surface area contributed by atoms with Crippen LogP contribution in [-0.2, 0) is 4.74 Å². The third-order valence-corrected chi connectivity index (χ3v) is 3.33. The molecule has 0 spiro atoms. The van der Waals surface area contributed by atoms with Gasteiger partial charge in [-0.3, -0.25) is 0 Å². The Morgan fingerprint density at radius 1 is 1.47 bits per heavy atom. The molecule has 2 rings (SSSR count). The van der Waals surface area contributed by atoms with Crippen LogP contribution in [-0.4, -0.2) is 25.3 Å². The second-order valence-corrected chi connectivity index (χ2v) is 4.80. The maximum atomic E-state index is 11.6. The fraction of sp³-hybridized carbons (Fsp3) is 0.417. The summed E-state index contributed by atoms with van der Waals surface area (Å²) in [5.74, 6) is 0. The van der Waals surface area contributed by atoms with Gasteiger partial charge in [-0.15, -0.1) is 0 Å². The molecule has 1 aromatic rings. The summed E-state index contributed by atoms with van der Waals surface area (Å²) in [5, 5.41) is 5.59. The first-order chi connectivity index (χ1) is 8.25. The monoisotopic (exact) mass is 298 g/mol. The molecule has 1 aromatic carbocycles. The van der Waals surface area contributed by atoms with Crippen molar-refractivity contribution >= 4 is 27.6 Å². The molecule has 1 unspecified atom stereocenters. The standard InChI is InChI=1S/C12H15BrN2O2/c13-10-5-1-2-6-11(10)15-12(16)14-8-9-4-3-7-17-9/h1-2,5-6,9H,3-4,7-8H2,(H2,14,15,16). The molecular weight excluding hydrogens is 284 g/mol. The minimum Gasteiger partial charge on any atom is -0.376 e. The number of urea groups is 1. The highest BCUT2D eigenvalue weighted by Crippen LogP contribution is 2.20. The highest BCUT2D eigenvalue weighted by molar-refractivity contribution is 9.10. The fourth-order valence-electron chi connectivity index (χ4n) is 1.74. The number of benzene rings is 1. The van der Waals surface area contributed by atoms with Gasteiger partial charge in [0.2, 0.25) is 0 Å². The predicted octanol–water partition coefficient (Wildman–Crippen LogP) is 2.75. The number of para-hydroxylation sites is 1. The zero-order valence-electron chi connectivity index (χ0n) is 9.41. The van der Waals surface area contributed by atoms with E-state index in [4.69, 9.17) is 4.74 Å². The Hall–Kier alpha value is -1.07. The number of carbonyl (C=O) groups is 1. The molecule has 1 saturated heterocycles. The van der Waals surface area contributed by atoms with Gasteiger partial charge in [0.25, 0.3) is 0 Å². The van der Waals surface area contributed by atoms with Gasteiger partial charge in [0, 0.05) is 17.6 Å². The zero-order chi connectivity index (χ0) is 12.1. The summed E-state index contributed by atoms with van der Waals surface area (Å²) < 4.78 is 6.29. The van der Waals surface area contributed by atoms with Crippen LogP contribution in [0.1, 0.15) is 12.8 Å². The summed E-state index contributed by atoms with van der Waals surface area (Å²) in [6, 6.07) is 7.30. The zero-order valence-corrected chi connectivity index (χ0v) is 11.0. The lowest BCUT2D eigenvalue weighted by atomic mass is 10.2. The summed E-state index contributed by atoms with van der Waals surface area (Å²) in [4.78, 5) is 11.6. The van der Waals surface area contributed by atoms with E-state index in [1.54, 1.807) is 0 Å². The number of nitrogens with one attached hydrogen (secondary N) is 2. The lowest BCUT2D eigenvalue weighted by molar-refractivity contribution is 0.112. The first kappa shape index (κ1) is 12.4. The van der Waals surface area contributed by atoms with Crippen LogP contribution in [0.15, 0.2) is 28.7 Å². The predicted molar refractivity (Wildman–Crippen MR) is 70.1 cm³/mol. The second kappa shape index (κ2) is 6.02. The Morgan fingerprint density at radius 3 is 3.00 bits per heavy atom. The number of hydrogen-bond acceptors (Lipinski definition) is 2. The van der Waals surface area contributed by atoms with Gasteiger partial charge in [-0.2, -0.15) is 0 Å². The van der Waals surface area contributed by atoms with Crippen molar-refractivity contribution in [3.8, 4) is 0 Å². The highest BCUT2D eigenvalue weighted by Gasteiger charge is 2.16. The quantitative estimate of drug-likeness (QED) is 0.901. The van der Waals surface area contributed by atoms with E-state index in [0.717, 1.165) is 29.6 Å². The molecule has 0 bridgehead atoms. The fourth-order valence-corrected chi connectivity index (χ4v) is 2.12. The maximum absolute atomic E-state index is 11.6. The summed E-state index contributed by atoms with van der Waals surface area (Å²) in [5.41, 5.74) is 0.761. The maximum Gasteiger partial charge on any atom is 0.319 e. The van der Waals surface area contributed by atoms with Crippen LogP contribution in [0.4, 0.5) is 10.5 Å². The number of hydrogen-bond donors (Lipinski definition) is 2. The van der Waals surface area contributed by atoms with Crippen LogP contribution in [0.25, 0.3) is 0 Å². The first-order valence-electron chi connectivity index (χ1n) is 5.66. The summed E-state index contributed by atoms with van der Waals surface area (Å²) in [6.07, 6.45) is 2.27. The Bertz CT molecular complexity index is 392. The smallest absolute Gasteiger partial charge is 0.319 e. The Kier molecular flexibility index (Phi) is 4.39. The Labute approximate surface area is 109 Å². The Morgan fingerprint density at radius 2 is 2.29 bits per heavy atom. The van der Waals surface area contributed by atoms with Crippen LogP contribution >= 0.6 is 15.9 Å². The van der Waals surface area contributed by atoms with Gasteiger partial charge in [-0.25, -0.2) is 4.79 Å². The van der Waals surface area contributed by atoms with Crippen molar-refractivity contribution in [3.63, 3.8) is 0 Å². The molecule has 0 saturated carbocycles. The molecule has 0 aromatic heterocycles. The molecule has 0 aliphatic carbocycles. The van der Waals surface area contributed by atoms with Crippen LogP contribution in [0.3, 0.4) is 0 Å². The van der Waals surface area contributed by atoms with E-state index >= 15 is 0 Å². The molecule has 1 atom stereocenters. The molecule has 5 heteroatoms. The van der Waals surface area contributed by atoms with E-state index in [1.165, 1.54) is 0 Å². The van der Waals surface area contributed by atoms with Crippen molar-refractivity contribution in [1.82, 2.24) is 5.32 Å². The van der Waals surface area contributed by atoms with Crippen LogP contribution in [0.5, 0.6) is 0 Å². The number of amides is 2. The second-order valence-electron chi connectivity index (χ2n) is 3.95. The van der Waals surface area contributed by atoms with Gasteiger partial charge in [0.1, 0.15) is 0 Å². The van der Waals surface area contributed by atoms with Crippen molar-refractivity contribution in [2.24, 2.45) is 0 Å². The van der Waals surface area contributed by atoms with Crippen molar-refractivity contribution in [3.05, 3.63) is 28.7 Å². The van der Waals surface area contributed by atoms with Crippen LogP contribution in [0, 0.1) is 0 Å². The number of rotatable bonds is 3. The third kappa shape index (κ3) is 3.71. The molecule has 1 heterocycles. The largest absolute Gasteiger partial charge is 0.376 e. The van der Waals surface area contributed by atoms with Gasteiger partial charge < -0.3 is 15.4 Å². The third-order valence-electron chi connectivity index (χ3n) is 2.64. The van der Waals surface area contributed by atoms with Crippen LogP contribution in [0.2, 0.25) is 0 Å². The van der Waals surface area contributed by atoms with Gasteiger partial charge in [0.15, 0.2) is 0 Å². The van der Waals surface area contributed by atoms with E-state index in [0.29, 0.717) is 6.54 Å². The van der Waals surface area contributed by atoms with Crippen LogP contribution < -0.4 is 10.6 Å². The van der Waals surface area contributed by atoms with Gasteiger partial charge in [-0.05, 0) is 40.9 Å². The summed E-state index contributed by atoms with van der Waals surface area (Å²) in [7, 11) is 0. The minimum atomic E-state index is -0.201. The van der Waals surface area contributed by atoms with E-state index in [9.17, 15) is 4.79 Å². The van der Waals surface area contributed by atoms with E-state index in [-0.39, 0.29) is 12.1 Å². The highest BCUT2D eigenvalue weighted by atomic mass is 79.9. The first-order valence-corrected chi connectivity index (χ1v) is 6.46. The number of halogens is 1. The topological polar surface area (TPSA) is 50.4 Å². The number of anilines is 1. The lowest BCUT2D eigenvalue weighted by Gasteiger charge is -2.12. The van der Waals surface area contributed by atoms with Crippen molar-refractivity contribution in [2.45, 2.75) is 18.9 Å². The van der Waals surface area contributed by atoms with Crippen molar-refractivity contribution in [1.29, 1.82) is 0 Å². The molecule has 0 radical (unpaired) electrons. The molecule has 17 heavy (non-hydrogen) atoms. The van der Waals surface area contributed by atoms with Gasteiger partial charge in [-0.1, -0.05) is 12.1 Å². The van der Waals surface area contributed by atoms with Gasteiger partial charge in [0.05, 0.1) is 11.8 Å². The van der Waals surface area contributed by atoms with Crippen molar-refractivity contribution in [2.75, 3.05) is 18.5 Å². The average molecular weight is 299 g/mol. The molecule has 2 N–H and O–H groups in total. The SMILES string of the molecule is O=C(NCC1CCCO1)Nc1ccccc1Br. The van der Waals surface area contributed by atoms with E-state index in [1.807, 2.05) is 24.3 Å². The van der Waals surface area contributed by atoms with E-state index in [2.05, 4.69) is 26.6 Å². The molecule has 2 amide bonds. The molecule has 1 aliphatic rings. The van der Waals surface area contributed by atoms with Gasteiger partial charge >= 0.3 is 6.03 Å². The Balaban J connectivity index is 1.79. The van der Waals surface area contributed by atoms with Crippen molar-refractivity contribution < 1.29 is 9.53 Å². The summed E-state index contributed by atoms with van der Waals surface area (Å²) in [6.45, 7) is 1.37. The van der Waals surface area contributed by atoms with E-state index < -0.39 is 0 Å². The minimum absolute atomic E-state index is 0.167. The molecule has 1 aliphatic heterocycles. The number of ether oxygens (including phenoxy) is 1. The molecular formula is C12H15BrN2O2.